The average Bonchev–Trinajstić information content (AvgIpc) is 2.45. The quantitative estimate of drug-likeness (QED) is 0.869. The third-order valence-corrected chi connectivity index (χ3v) is 2.86. The average molecular weight is 271 g/mol. The van der Waals surface area contributed by atoms with Crippen molar-refractivity contribution in [3.05, 3.63) is 71.0 Å². The van der Waals surface area contributed by atoms with E-state index in [1.807, 2.05) is 13.0 Å². The molecular formula is C16H14FNO2. The predicted molar refractivity (Wildman–Crippen MR) is 74.2 cm³/mol. The Kier molecular flexibility index (Phi) is 4.25. The van der Waals surface area contributed by atoms with E-state index in [2.05, 4.69) is 5.32 Å². The van der Waals surface area contributed by atoms with Crippen molar-refractivity contribution >= 4 is 11.7 Å². The molecule has 0 aliphatic heterocycles. The largest absolute Gasteiger partial charge is 0.345 e. The van der Waals surface area contributed by atoms with Crippen LogP contribution >= 0.6 is 0 Å². The minimum atomic E-state index is -0.398. The van der Waals surface area contributed by atoms with Crippen LogP contribution in [0.15, 0.2) is 48.5 Å². The lowest BCUT2D eigenvalue weighted by Crippen LogP contribution is -2.29. The van der Waals surface area contributed by atoms with E-state index in [0.29, 0.717) is 11.1 Å². The lowest BCUT2D eigenvalue weighted by atomic mass is 10.1. The van der Waals surface area contributed by atoms with Gasteiger partial charge in [-0.25, -0.2) is 4.39 Å². The Morgan fingerprint density at radius 2 is 1.75 bits per heavy atom. The molecule has 0 bridgehead atoms. The summed E-state index contributed by atoms with van der Waals surface area (Å²) in [6.07, 6.45) is 0. The highest BCUT2D eigenvalue weighted by atomic mass is 19.1. The molecule has 102 valence electrons. The fourth-order valence-corrected chi connectivity index (χ4v) is 1.79. The monoisotopic (exact) mass is 271 g/mol. The highest BCUT2D eigenvalue weighted by Gasteiger charge is 2.09. The minimum Gasteiger partial charge on any atom is -0.345 e. The normalized spacial score (nSPS) is 10.1. The van der Waals surface area contributed by atoms with Gasteiger partial charge in [0.05, 0.1) is 6.54 Å². The van der Waals surface area contributed by atoms with Gasteiger partial charge in [0.25, 0.3) is 5.91 Å². The Morgan fingerprint density at radius 1 is 1.05 bits per heavy atom. The zero-order valence-corrected chi connectivity index (χ0v) is 11.0. The maximum absolute atomic E-state index is 12.7. The molecule has 0 fully saturated rings. The molecular weight excluding hydrogens is 257 g/mol. The van der Waals surface area contributed by atoms with E-state index in [4.69, 9.17) is 0 Å². The molecule has 1 amide bonds. The van der Waals surface area contributed by atoms with E-state index >= 15 is 0 Å². The Morgan fingerprint density at radius 3 is 2.40 bits per heavy atom. The van der Waals surface area contributed by atoms with Gasteiger partial charge in [-0.05, 0) is 43.3 Å². The highest BCUT2D eigenvalue weighted by molar-refractivity contribution is 6.02. The van der Waals surface area contributed by atoms with E-state index in [1.165, 1.54) is 24.3 Å². The van der Waals surface area contributed by atoms with Crippen LogP contribution in [0.1, 0.15) is 26.3 Å². The molecule has 1 N–H and O–H groups in total. The Bertz CT molecular complexity index is 635. The van der Waals surface area contributed by atoms with Crippen molar-refractivity contribution in [1.82, 2.24) is 5.32 Å². The van der Waals surface area contributed by atoms with Gasteiger partial charge >= 0.3 is 0 Å². The molecule has 0 unspecified atom stereocenters. The minimum absolute atomic E-state index is 0.113. The summed E-state index contributed by atoms with van der Waals surface area (Å²) < 4.78 is 12.7. The summed E-state index contributed by atoms with van der Waals surface area (Å²) in [5, 5.41) is 2.56. The predicted octanol–water partition coefficient (Wildman–Crippen LogP) is 2.75. The maximum Gasteiger partial charge on any atom is 0.251 e. The van der Waals surface area contributed by atoms with Crippen LogP contribution < -0.4 is 5.32 Å². The molecule has 2 aromatic carbocycles. The number of ketones is 1. The van der Waals surface area contributed by atoms with Gasteiger partial charge in [0, 0.05) is 11.1 Å². The first kappa shape index (κ1) is 13.9. The van der Waals surface area contributed by atoms with Crippen molar-refractivity contribution in [2.24, 2.45) is 0 Å². The van der Waals surface area contributed by atoms with Crippen LogP contribution in [0, 0.1) is 12.7 Å². The van der Waals surface area contributed by atoms with E-state index in [0.717, 1.165) is 5.56 Å². The molecule has 0 saturated carbocycles. The van der Waals surface area contributed by atoms with Gasteiger partial charge in [-0.15, -0.1) is 0 Å². The van der Waals surface area contributed by atoms with Crippen molar-refractivity contribution in [1.29, 1.82) is 0 Å². The summed E-state index contributed by atoms with van der Waals surface area (Å²) in [4.78, 5) is 23.7. The number of benzene rings is 2. The molecule has 0 atom stereocenters. The number of nitrogens with one attached hydrogen (secondary N) is 1. The molecule has 0 saturated heterocycles. The van der Waals surface area contributed by atoms with E-state index < -0.39 is 5.82 Å². The maximum atomic E-state index is 12.7. The van der Waals surface area contributed by atoms with Gasteiger partial charge in [-0.3, -0.25) is 9.59 Å². The fourth-order valence-electron chi connectivity index (χ4n) is 1.79. The number of carbonyl (C=O) groups excluding carboxylic acids is 2. The molecule has 20 heavy (non-hydrogen) atoms. The fraction of sp³-hybridized carbons (Fsp3) is 0.125. The van der Waals surface area contributed by atoms with Gasteiger partial charge in [0.1, 0.15) is 5.82 Å². The van der Waals surface area contributed by atoms with E-state index in [9.17, 15) is 14.0 Å². The van der Waals surface area contributed by atoms with Gasteiger partial charge in [0.15, 0.2) is 5.78 Å². The second-order valence-corrected chi connectivity index (χ2v) is 4.48. The standard InChI is InChI=1S/C16H14FNO2/c1-11-3-2-4-13(9-11)16(20)18-10-15(19)12-5-7-14(17)8-6-12/h2-9H,10H2,1H3,(H,18,20). The number of halogens is 1. The van der Waals surface area contributed by atoms with Crippen LogP contribution in [0.5, 0.6) is 0 Å². The molecule has 0 radical (unpaired) electrons. The van der Waals surface area contributed by atoms with Crippen LogP contribution in [0.4, 0.5) is 4.39 Å². The summed E-state index contributed by atoms with van der Waals surface area (Å²) in [7, 11) is 0. The molecule has 2 aromatic rings. The van der Waals surface area contributed by atoms with E-state index in [-0.39, 0.29) is 18.2 Å². The summed E-state index contributed by atoms with van der Waals surface area (Å²) >= 11 is 0. The van der Waals surface area contributed by atoms with Crippen molar-refractivity contribution in [2.75, 3.05) is 6.54 Å². The summed E-state index contributed by atoms with van der Waals surface area (Å²) in [6.45, 7) is 1.78. The molecule has 0 aliphatic rings. The highest BCUT2D eigenvalue weighted by Crippen LogP contribution is 2.05. The van der Waals surface area contributed by atoms with Crippen molar-refractivity contribution in [3.63, 3.8) is 0 Å². The van der Waals surface area contributed by atoms with Crippen molar-refractivity contribution in [2.45, 2.75) is 6.92 Å². The molecule has 0 heterocycles. The number of hydrogen-bond donors (Lipinski definition) is 1. The first-order chi connectivity index (χ1) is 9.56. The second kappa shape index (κ2) is 6.10. The van der Waals surface area contributed by atoms with Crippen molar-refractivity contribution < 1.29 is 14.0 Å². The summed E-state index contributed by atoms with van der Waals surface area (Å²) in [6, 6.07) is 12.3. The Labute approximate surface area is 116 Å². The number of amides is 1. The Balaban J connectivity index is 1.96. The van der Waals surface area contributed by atoms with Gasteiger partial charge < -0.3 is 5.32 Å². The van der Waals surface area contributed by atoms with Crippen molar-refractivity contribution in [3.8, 4) is 0 Å². The number of Topliss-reactive ketones (excluding diaryl/α,β-unsaturated/α-hetero) is 1. The molecule has 0 aromatic heterocycles. The van der Waals surface area contributed by atoms with Gasteiger partial charge in [0.2, 0.25) is 0 Å². The smallest absolute Gasteiger partial charge is 0.251 e. The van der Waals surface area contributed by atoms with Gasteiger partial charge in [-0.1, -0.05) is 17.7 Å². The lowest BCUT2D eigenvalue weighted by molar-refractivity contribution is 0.0904. The number of aryl methyl sites for hydroxylation is 1. The molecule has 3 nitrogen and oxygen atoms in total. The summed E-state index contributed by atoms with van der Waals surface area (Å²) in [5.41, 5.74) is 1.86. The van der Waals surface area contributed by atoms with Crippen LogP contribution in [0.25, 0.3) is 0 Å². The van der Waals surface area contributed by atoms with Crippen LogP contribution in [-0.2, 0) is 0 Å². The third-order valence-electron chi connectivity index (χ3n) is 2.86. The molecule has 4 heteroatoms. The lowest BCUT2D eigenvalue weighted by Gasteiger charge is -2.05. The zero-order valence-electron chi connectivity index (χ0n) is 11.0. The molecule has 2 rings (SSSR count). The molecule has 0 aliphatic carbocycles. The van der Waals surface area contributed by atoms with Crippen LogP contribution in [-0.4, -0.2) is 18.2 Å². The number of hydrogen-bond acceptors (Lipinski definition) is 2. The van der Waals surface area contributed by atoms with Crippen LogP contribution in [0.3, 0.4) is 0 Å². The second-order valence-electron chi connectivity index (χ2n) is 4.48. The van der Waals surface area contributed by atoms with Crippen LogP contribution in [0.2, 0.25) is 0 Å². The topological polar surface area (TPSA) is 46.2 Å². The Hall–Kier alpha value is -2.49. The zero-order chi connectivity index (χ0) is 14.5. The third kappa shape index (κ3) is 3.51. The first-order valence-electron chi connectivity index (χ1n) is 6.20. The number of carbonyl (C=O) groups is 2. The SMILES string of the molecule is Cc1cccc(C(=O)NCC(=O)c2ccc(F)cc2)c1. The first-order valence-corrected chi connectivity index (χ1v) is 6.20. The van der Waals surface area contributed by atoms with Gasteiger partial charge in [-0.2, -0.15) is 0 Å². The van der Waals surface area contributed by atoms with E-state index in [1.54, 1.807) is 18.2 Å². The summed E-state index contributed by atoms with van der Waals surface area (Å²) in [5.74, 6) is -0.958. The number of rotatable bonds is 4. The molecule has 0 spiro atoms.